The number of aliphatic hydroxyl groups excluding tert-OH is 1. The first-order valence-electron chi connectivity index (χ1n) is 12.1. The lowest BCUT2D eigenvalue weighted by Crippen LogP contribution is -2.12. The lowest BCUT2D eigenvalue weighted by molar-refractivity contribution is -0.146. The van der Waals surface area contributed by atoms with Gasteiger partial charge < -0.3 is 14.9 Å². The zero-order chi connectivity index (χ0) is 28.6. The van der Waals surface area contributed by atoms with Gasteiger partial charge in [0.05, 0.1) is 18.0 Å². The Morgan fingerprint density at radius 1 is 0.875 bits per heavy atom. The standard InChI is InChI=1S/C30H23FN2O6S/c1-2-39-29(38)25-26(20-6-4-3-5-7-20)32-30(33-27(25)21-12-14-22(31)15-13-21)40-17-18-8-10-19(11-9-18)23(34)16-24(35)28(36)37/h3-16,34H,2,17H2,1H3,(H,36,37). The fraction of sp³-hybridized carbons (Fsp3) is 0.100. The van der Waals surface area contributed by atoms with Gasteiger partial charge in [0.15, 0.2) is 5.16 Å². The van der Waals surface area contributed by atoms with Crippen molar-refractivity contribution >= 4 is 35.2 Å². The highest BCUT2D eigenvalue weighted by molar-refractivity contribution is 7.98. The van der Waals surface area contributed by atoms with Gasteiger partial charge in [0.1, 0.15) is 17.1 Å². The number of ether oxygens (including phenoxy) is 1. The predicted octanol–water partition coefficient (Wildman–Crippen LogP) is 5.97. The second-order valence-electron chi connectivity index (χ2n) is 8.36. The summed E-state index contributed by atoms with van der Waals surface area (Å²) in [5.74, 6) is -3.96. The summed E-state index contributed by atoms with van der Waals surface area (Å²) in [5.41, 5.74) is 3.17. The summed E-state index contributed by atoms with van der Waals surface area (Å²) in [4.78, 5) is 44.5. The molecule has 0 aliphatic carbocycles. The molecule has 4 aromatic rings. The summed E-state index contributed by atoms with van der Waals surface area (Å²) >= 11 is 1.30. The van der Waals surface area contributed by atoms with E-state index in [0.717, 1.165) is 5.56 Å². The molecule has 8 nitrogen and oxygen atoms in total. The molecule has 40 heavy (non-hydrogen) atoms. The molecule has 0 unspecified atom stereocenters. The molecule has 202 valence electrons. The molecule has 1 aromatic heterocycles. The number of carboxylic acids is 1. The van der Waals surface area contributed by atoms with Gasteiger partial charge in [0.2, 0.25) is 0 Å². The van der Waals surface area contributed by atoms with E-state index in [9.17, 15) is 23.9 Å². The topological polar surface area (TPSA) is 127 Å². The van der Waals surface area contributed by atoms with Crippen molar-refractivity contribution in [2.45, 2.75) is 17.8 Å². The van der Waals surface area contributed by atoms with E-state index >= 15 is 0 Å². The molecule has 0 saturated carbocycles. The Balaban J connectivity index is 1.71. The molecule has 2 N–H and O–H groups in total. The highest BCUT2D eigenvalue weighted by Gasteiger charge is 2.24. The first kappa shape index (κ1) is 28.2. The third-order valence-corrected chi connectivity index (χ3v) is 6.55. The first-order chi connectivity index (χ1) is 19.3. The molecular weight excluding hydrogens is 535 g/mol. The van der Waals surface area contributed by atoms with Gasteiger partial charge in [-0.3, -0.25) is 4.79 Å². The fourth-order valence-electron chi connectivity index (χ4n) is 3.71. The quantitative estimate of drug-likeness (QED) is 0.0604. The number of halogens is 1. The average molecular weight is 559 g/mol. The van der Waals surface area contributed by atoms with Gasteiger partial charge in [-0.15, -0.1) is 0 Å². The van der Waals surface area contributed by atoms with Crippen LogP contribution in [0.5, 0.6) is 0 Å². The van der Waals surface area contributed by atoms with Gasteiger partial charge >= 0.3 is 11.9 Å². The van der Waals surface area contributed by atoms with Crippen LogP contribution in [0.15, 0.2) is 90.1 Å². The van der Waals surface area contributed by atoms with Gasteiger partial charge in [0.25, 0.3) is 5.78 Å². The molecule has 0 amide bonds. The number of hydrogen-bond donors (Lipinski definition) is 2. The number of benzene rings is 3. The Morgan fingerprint density at radius 3 is 2.05 bits per heavy atom. The normalized spacial score (nSPS) is 11.2. The zero-order valence-electron chi connectivity index (χ0n) is 21.2. The van der Waals surface area contributed by atoms with Crippen LogP contribution in [0, 0.1) is 5.82 Å². The van der Waals surface area contributed by atoms with Crippen LogP contribution in [0.25, 0.3) is 28.3 Å². The minimum absolute atomic E-state index is 0.150. The maximum absolute atomic E-state index is 13.7. The van der Waals surface area contributed by atoms with Crippen molar-refractivity contribution in [2.24, 2.45) is 0 Å². The second kappa shape index (κ2) is 12.8. The predicted molar refractivity (Wildman–Crippen MR) is 148 cm³/mol. The third-order valence-electron chi connectivity index (χ3n) is 5.63. The number of thioether (sulfide) groups is 1. The molecule has 0 spiro atoms. The number of carbonyl (C=O) groups is 3. The van der Waals surface area contributed by atoms with Crippen LogP contribution in [-0.2, 0) is 20.1 Å². The number of carbonyl (C=O) groups excluding carboxylic acids is 2. The fourth-order valence-corrected chi connectivity index (χ4v) is 4.51. The third kappa shape index (κ3) is 6.78. The number of esters is 1. The maximum Gasteiger partial charge on any atom is 0.376 e. The molecule has 0 atom stereocenters. The monoisotopic (exact) mass is 558 g/mol. The summed E-state index contributed by atoms with van der Waals surface area (Å²) in [6.45, 7) is 1.85. The molecule has 3 aromatic carbocycles. The molecule has 0 bridgehead atoms. The van der Waals surface area contributed by atoms with Crippen LogP contribution in [-0.4, -0.2) is 44.5 Å². The van der Waals surface area contributed by atoms with Gasteiger partial charge in [-0.05, 0) is 36.8 Å². The molecule has 10 heteroatoms. The minimum atomic E-state index is -1.66. The first-order valence-corrected chi connectivity index (χ1v) is 13.1. The molecule has 4 rings (SSSR count). The van der Waals surface area contributed by atoms with Crippen LogP contribution in [0.3, 0.4) is 0 Å². The van der Waals surface area contributed by atoms with Crippen molar-refractivity contribution in [3.05, 3.63) is 107 Å². The Kier molecular flexibility index (Phi) is 9.03. The van der Waals surface area contributed by atoms with Crippen molar-refractivity contribution in [1.29, 1.82) is 0 Å². The number of aromatic nitrogens is 2. The number of nitrogens with zero attached hydrogens (tertiary/aromatic N) is 2. The number of aliphatic carboxylic acids is 1. The Hall–Kier alpha value is -4.83. The number of rotatable bonds is 10. The van der Waals surface area contributed by atoms with Crippen LogP contribution in [0.2, 0.25) is 0 Å². The van der Waals surface area contributed by atoms with Crippen LogP contribution >= 0.6 is 11.8 Å². The Morgan fingerprint density at radius 2 is 1.48 bits per heavy atom. The summed E-state index contributed by atoms with van der Waals surface area (Å²) in [7, 11) is 0. The van der Waals surface area contributed by atoms with E-state index in [4.69, 9.17) is 14.8 Å². The van der Waals surface area contributed by atoms with E-state index in [-0.39, 0.29) is 17.7 Å². The second-order valence-corrected chi connectivity index (χ2v) is 9.30. The summed E-state index contributed by atoms with van der Waals surface area (Å²) in [6.07, 6.45) is 0.646. The van der Waals surface area contributed by atoms with Crippen LogP contribution < -0.4 is 0 Å². The number of aliphatic hydroxyl groups is 1. The minimum Gasteiger partial charge on any atom is -0.507 e. The van der Waals surface area contributed by atoms with Crippen molar-refractivity contribution in [3.8, 4) is 22.5 Å². The van der Waals surface area contributed by atoms with Crippen molar-refractivity contribution in [2.75, 3.05) is 6.61 Å². The summed E-state index contributed by atoms with van der Waals surface area (Å²) < 4.78 is 19.0. The van der Waals surface area contributed by atoms with Crippen molar-refractivity contribution in [1.82, 2.24) is 9.97 Å². The number of ketones is 1. The van der Waals surface area contributed by atoms with Crippen LogP contribution in [0.1, 0.15) is 28.4 Å². The lowest BCUT2D eigenvalue weighted by atomic mass is 10.0. The summed E-state index contributed by atoms with van der Waals surface area (Å²) in [6, 6.07) is 21.3. The van der Waals surface area contributed by atoms with Gasteiger partial charge in [-0.1, -0.05) is 66.4 Å². The van der Waals surface area contributed by atoms with Gasteiger partial charge in [-0.2, -0.15) is 0 Å². The smallest absolute Gasteiger partial charge is 0.376 e. The summed E-state index contributed by atoms with van der Waals surface area (Å²) in [5, 5.41) is 19.1. The molecule has 1 heterocycles. The van der Waals surface area contributed by atoms with Crippen molar-refractivity contribution in [3.63, 3.8) is 0 Å². The molecule has 0 fully saturated rings. The van der Waals surface area contributed by atoms with E-state index in [0.29, 0.717) is 39.5 Å². The molecule has 0 radical (unpaired) electrons. The van der Waals surface area contributed by atoms with E-state index < -0.39 is 29.3 Å². The Bertz CT molecular complexity index is 1570. The van der Waals surface area contributed by atoms with Gasteiger partial charge in [0, 0.05) is 28.5 Å². The molecule has 0 saturated heterocycles. The SMILES string of the molecule is CCOC(=O)c1c(-c2ccccc2)nc(SCc2ccc(C(O)=CC(=O)C(=O)O)cc2)nc1-c1ccc(F)cc1. The average Bonchev–Trinajstić information content (AvgIpc) is 2.96. The van der Waals surface area contributed by atoms with Crippen LogP contribution in [0.4, 0.5) is 4.39 Å². The lowest BCUT2D eigenvalue weighted by Gasteiger charge is -2.15. The van der Waals surface area contributed by atoms with E-state index in [2.05, 4.69) is 4.98 Å². The van der Waals surface area contributed by atoms with Crippen molar-refractivity contribution < 1.29 is 33.7 Å². The van der Waals surface area contributed by atoms with E-state index in [1.807, 2.05) is 30.3 Å². The van der Waals surface area contributed by atoms with E-state index in [1.165, 1.54) is 36.0 Å². The largest absolute Gasteiger partial charge is 0.507 e. The Labute approximate surface area is 233 Å². The number of hydrogen-bond acceptors (Lipinski definition) is 8. The van der Waals surface area contributed by atoms with Gasteiger partial charge in [-0.25, -0.2) is 23.9 Å². The molecular formula is C30H23FN2O6S. The maximum atomic E-state index is 13.7. The zero-order valence-corrected chi connectivity index (χ0v) is 22.0. The molecule has 0 aliphatic heterocycles. The molecule has 0 aliphatic rings. The van der Waals surface area contributed by atoms with E-state index in [1.54, 1.807) is 31.2 Å². The number of carboxylic acid groups (broad SMARTS) is 1. The highest BCUT2D eigenvalue weighted by Crippen LogP contribution is 2.34. The highest BCUT2D eigenvalue weighted by atomic mass is 32.2.